The molecule has 0 bridgehead atoms. The molecule has 19 heavy (non-hydrogen) atoms. The molecule has 1 amide bonds. The van der Waals surface area contributed by atoms with E-state index in [9.17, 15) is 4.79 Å². The third-order valence-electron chi connectivity index (χ3n) is 4.43. The molecule has 3 nitrogen and oxygen atoms in total. The van der Waals surface area contributed by atoms with E-state index < -0.39 is 0 Å². The lowest BCUT2D eigenvalue weighted by Crippen LogP contribution is -2.43. The van der Waals surface area contributed by atoms with Gasteiger partial charge < -0.3 is 10.1 Å². The summed E-state index contributed by atoms with van der Waals surface area (Å²) in [5, 5.41) is 3.17. The van der Waals surface area contributed by atoms with Crippen LogP contribution in [0.3, 0.4) is 0 Å². The second kappa shape index (κ2) is 4.34. The Balaban J connectivity index is 1.96. The molecule has 0 aromatic heterocycles. The van der Waals surface area contributed by atoms with Crippen LogP contribution in [-0.2, 0) is 9.53 Å². The van der Waals surface area contributed by atoms with Crippen molar-refractivity contribution >= 4 is 5.91 Å². The molecule has 1 aromatic rings. The first-order valence-corrected chi connectivity index (χ1v) is 6.99. The van der Waals surface area contributed by atoms with Gasteiger partial charge in [0.2, 0.25) is 5.91 Å². The number of rotatable bonds is 1. The average molecular weight is 259 g/mol. The van der Waals surface area contributed by atoms with E-state index in [-0.39, 0.29) is 23.0 Å². The molecule has 2 atom stereocenters. The van der Waals surface area contributed by atoms with Crippen LogP contribution in [0.1, 0.15) is 44.7 Å². The lowest BCUT2D eigenvalue weighted by atomic mass is 9.67. The van der Waals surface area contributed by atoms with Crippen molar-refractivity contribution in [3.8, 4) is 0 Å². The molecule has 3 heteroatoms. The molecule has 2 heterocycles. The maximum atomic E-state index is 12.0. The smallest absolute Gasteiger partial charge is 0.221 e. The average Bonchev–Trinajstić information content (AvgIpc) is 2.65. The molecule has 0 saturated carbocycles. The molecular formula is C16H21NO2. The van der Waals surface area contributed by atoms with Crippen LogP contribution in [0.5, 0.6) is 0 Å². The largest absolute Gasteiger partial charge is 0.376 e. The predicted molar refractivity (Wildman–Crippen MR) is 73.6 cm³/mol. The molecule has 2 aliphatic rings. The number of hydrogen-bond acceptors (Lipinski definition) is 2. The molecular weight excluding hydrogens is 238 g/mol. The standard InChI is InChI=1S/C16H21NO2/c1-15(2)11-16(8-9-19-15)10-13(18)17-14(16)12-6-4-3-5-7-12/h3-7,14H,8-11H2,1-2H3,(H,17,18). The van der Waals surface area contributed by atoms with Gasteiger partial charge in [-0.2, -0.15) is 0 Å². The molecule has 0 aliphatic carbocycles. The number of benzene rings is 1. The van der Waals surface area contributed by atoms with E-state index in [0.717, 1.165) is 19.4 Å². The highest BCUT2D eigenvalue weighted by Gasteiger charge is 2.52. The van der Waals surface area contributed by atoms with Gasteiger partial charge in [0.25, 0.3) is 0 Å². The topological polar surface area (TPSA) is 38.3 Å². The normalized spacial score (nSPS) is 33.4. The van der Waals surface area contributed by atoms with Gasteiger partial charge in [0.15, 0.2) is 0 Å². The van der Waals surface area contributed by atoms with Crippen molar-refractivity contribution in [1.29, 1.82) is 0 Å². The van der Waals surface area contributed by atoms with Crippen LogP contribution in [-0.4, -0.2) is 18.1 Å². The summed E-state index contributed by atoms with van der Waals surface area (Å²) in [6, 6.07) is 10.4. The van der Waals surface area contributed by atoms with Gasteiger partial charge in [-0.1, -0.05) is 30.3 Å². The molecule has 2 unspecified atom stereocenters. The third kappa shape index (κ3) is 2.27. The van der Waals surface area contributed by atoms with Gasteiger partial charge >= 0.3 is 0 Å². The number of ether oxygens (including phenoxy) is 1. The summed E-state index contributed by atoms with van der Waals surface area (Å²) in [6.07, 6.45) is 2.51. The highest BCUT2D eigenvalue weighted by Crippen LogP contribution is 2.52. The number of carbonyl (C=O) groups excluding carboxylic acids is 1. The van der Waals surface area contributed by atoms with Crippen LogP contribution >= 0.6 is 0 Å². The zero-order valence-electron chi connectivity index (χ0n) is 11.6. The van der Waals surface area contributed by atoms with E-state index in [1.165, 1.54) is 5.56 Å². The number of nitrogens with one attached hydrogen (secondary N) is 1. The highest BCUT2D eigenvalue weighted by molar-refractivity contribution is 5.80. The molecule has 2 fully saturated rings. The summed E-state index contributed by atoms with van der Waals surface area (Å²) in [6.45, 7) is 4.99. The van der Waals surface area contributed by atoms with Gasteiger partial charge in [-0.25, -0.2) is 0 Å². The van der Waals surface area contributed by atoms with E-state index in [1.54, 1.807) is 0 Å². The summed E-state index contributed by atoms with van der Waals surface area (Å²) in [5.41, 5.74) is 1.09. The van der Waals surface area contributed by atoms with Gasteiger partial charge in [0, 0.05) is 18.4 Å². The Labute approximate surface area is 114 Å². The minimum absolute atomic E-state index is 0.0141. The van der Waals surface area contributed by atoms with E-state index in [1.807, 2.05) is 18.2 Å². The van der Waals surface area contributed by atoms with Crippen molar-refractivity contribution in [1.82, 2.24) is 5.32 Å². The number of carbonyl (C=O) groups is 1. The SMILES string of the molecule is CC1(C)CC2(CCO1)CC(=O)NC2c1ccccc1. The lowest BCUT2D eigenvalue weighted by Gasteiger charge is -2.45. The van der Waals surface area contributed by atoms with Crippen LogP contribution in [0.25, 0.3) is 0 Å². The molecule has 1 aromatic carbocycles. The molecule has 1 spiro atoms. The van der Waals surface area contributed by atoms with Crippen LogP contribution < -0.4 is 5.32 Å². The molecule has 2 aliphatic heterocycles. The van der Waals surface area contributed by atoms with Crippen LogP contribution in [0.4, 0.5) is 0 Å². The third-order valence-corrected chi connectivity index (χ3v) is 4.43. The van der Waals surface area contributed by atoms with E-state index in [2.05, 4.69) is 31.3 Å². The Hall–Kier alpha value is -1.35. The number of hydrogen-bond donors (Lipinski definition) is 1. The van der Waals surface area contributed by atoms with Gasteiger partial charge in [-0.15, -0.1) is 0 Å². The highest BCUT2D eigenvalue weighted by atomic mass is 16.5. The first-order chi connectivity index (χ1) is 9.01. The summed E-state index contributed by atoms with van der Waals surface area (Å²) in [4.78, 5) is 12.0. The van der Waals surface area contributed by atoms with Crippen molar-refractivity contribution < 1.29 is 9.53 Å². The maximum Gasteiger partial charge on any atom is 0.221 e. The first kappa shape index (κ1) is 12.7. The maximum absolute atomic E-state index is 12.0. The monoisotopic (exact) mass is 259 g/mol. The Kier molecular flexibility index (Phi) is 2.90. The molecule has 0 radical (unpaired) electrons. The van der Waals surface area contributed by atoms with Crippen molar-refractivity contribution in [3.63, 3.8) is 0 Å². The second-order valence-corrected chi connectivity index (χ2v) is 6.49. The van der Waals surface area contributed by atoms with Gasteiger partial charge in [0.05, 0.1) is 11.6 Å². The lowest BCUT2D eigenvalue weighted by molar-refractivity contribution is -0.123. The van der Waals surface area contributed by atoms with Gasteiger partial charge in [-0.3, -0.25) is 4.79 Å². The molecule has 2 saturated heterocycles. The van der Waals surface area contributed by atoms with E-state index in [4.69, 9.17) is 4.74 Å². The molecule has 1 N–H and O–H groups in total. The second-order valence-electron chi connectivity index (χ2n) is 6.49. The fourth-order valence-corrected chi connectivity index (χ4v) is 3.78. The summed E-state index contributed by atoms with van der Waals surface area (Å²) < 4.78 is 5.83. The Morgan fingerprint density at radius 1 is 1.26 bits per heavy atom. The van der Waals surface area contributed by atoms with Crippen molar-refractivity contribution in [2.24, 2.45) is 5.41 Å². The van der Waals surface area contributed by atoms with Crippen LogP contribution in [0.15, 0.2) is 30.3 Å². The molecule has 102 valence electrons. The van der Waals surface area contributed by atoms with Crippen LogP contribution in [0.2, 0.25) is 0 Å². The zero-order valence-corrected chi connectivity index (χ0v) is 11.6. The fraction of sp³-hybridized carbons (Fsp3) is 0.562. The van der Waals surface area contributed by atoms with Crippen molar-refractivity contribution in [3.05, 3.63) is 35.9 Å². The van der Waals surface area contributed by atoms with Crippen LogP contribution in [0, 0.1) is 5.41 Å². The van der Waals surface area contributed by atoms with Gasteiger partial charge in [0.1, 0.15) is 0 Å². The van der Waals surface area contributed by atoms with E-state index >= 15 is 0 Å². The quantitative estimate of drug-likeness (QED) is 0.842. The minimum atomic E-state index is -0.141. The summed E-state index contributed by atoms with van der Waals surface area (Å²) in [7, 11) is 0. The zero-order chi connectivity index (χ0) is 13.5. The summed E-state index contributed by atoms with van der Waals surface area (Å²) >= 11 is 0. The summed E-state index contributed by atoms with van der Waals surface area (Å²) in [5.74, 6) is 0.173. The first-order valence-electron chi connectivity index (χ1n) is 6.99. The predicted octanol–water partition coefficient (Wildman–Crippen LogP) is 2.82. The van der Waals surface area contributed by atoms with E-state index in [0.29, 0.717) is 6.42 Å². The Morgan fingerprint density at radius 2 is 2.00 bits per heavy atom. The Morgan fingerprint density at radius 3 is 2.68 bits per heavy atom. The molecule has 3 rings (SSSR count). The fourth-order valence-electron chi connectivity index (χ4n) is 3.78. The minimum Gasteiger partial charge on any atom is -0.376 e. The van der Waals surface area contributed by atoms with Gasteiger partial charge in [-0.05, 0) is 32.3 Å². The van der Waals surface area contributed by atoms with Crippen molar-refractivity contribution in [2.45, 2.75) is 44.8 Å². The number of amides is 1. The van der Waals surface area contributed by atoms with Crippen molar-refractivity contribution in [2.75, 3.05) is 6.61 Å². The Bertz CT molecular complexity index is 483.